The second kappa shape index (κ2) is 6.47. The molecule has 1 N–H and O–H groups in total. The van der Waals surface area contributed by atoms with Crippen LogP contribution in [0.4, 0.5) is 0 Å². The van der Waals surface area contributed by atoms with Gasteiger partial charge in [0.1, 0.15) is 16.0 Å². The van der Waals surface area contributed by atoms with Gasteiger partial charge in [0.15, 0.2) is 5.78 Å². The summed E-state index contributed by atoms with van der Waals surface area (Å²) in [6, 6.07) is 3.36. The van der Waals surface area contributed by atoms with Gasteiger partial charge in [-0.05, 0) is 47.3 Å². The topological polar surface area (TPSA) is 72.8 Å². The monoisotopic (exact) mass is 356 g/mol. The van der Waals surface area contributed by atoms with Crippen LogP contribution in [0.15, 0.2) is 16.6 Å². The van der Waals surface area contributed by atoms with Crippen LogP contribution in [0.1, 0.15) is 29.6 Å². The van der Waals surface area contributed by atoms with E-state index in [1.54, 1.807) is 12.1 Å². The smallest absolute Gasteiger partial charge is 0.306 e. The van der Waals surface area contributed by atoms with E-state index < -0.39 is 11.9 Å². The van der Waals surface area contributed by atoms with Crippen LogP contribution < -0.4 is 9.47 Å². The fourth-order valence-corrected chi connectivity index (χ4v) is 3.42. The molecule has 0 aromatic heterocycles. The van der Waals surface area contributed by atoms with E-state index in [0.717, 1.165) is 0 Å². The molecule has 1 aromatic carbocycles. The molecule has 0 bridgehead atoms. The van der Waals surface area contributed by atoms with E-state index in [1.807, 2.05) is 0 Å². The average Bonchev–Trinajstić information content (AvgIpc) is 2.96. The molecule has 1 aromatic rings. The van der Waals surface area contributed by atoms with Crippen molar-refractivity contribution in [3.8, 4) is 11.5 Å². The number of halogens is 1. The summed E-state index contributed by atoms with van der Waals surface area (Å²) in [5.74, 6) is -0.574. The maximum Gasteiger partial charge on any atom is 0.306 e. The molecule has 0 amide bonds. The van der Waals surface area contributed by atoms with Crippen molar-refractivity contribution in [1.82, 2.24) is 0 Å². The lowest BCUT2D eigenvalue weighted by atomic mass is 9.94. The van der Waals surface area contributed by atoms with Crippen LogP contribution in [-0.2, 0) is 4.79 Å². The van der Waals surface area contributed by atoms with E-state index in [4.69, 9.17) is 14.6 Å². The number of rotatable bonds is 5. The Morgan fingerprint density at radius 3 is 2.38 bits per heavy atom. The summed E-state index contributed by atoms with van der Waals surface area (Å²) in [5, 5.41) is 9.04. The number of methoxy groups -OCH3 is 2. The maximum absolute atomic E-state index is 12.6. The number of hydrogen-bond donors (Lipinski definition) is 1. The molecule has 114 valence electrons. The van der Waals surface area contributed by atoms with E-state index in [2.05, 4.69) is 15.9 Å². The maximum atomic E-state index is 12.6. The van der Waals surface area contributed by atoms with E-state index in [1.165, 1.54) is 14.2 Å². The van der Waals surface area contributed by atoms with Gasteiger partial charge >= 0.3 is 5.97 Å². The van der Waals surface area contributed by atoms with Crippen LogP contribution >= 0.6 is 15.9 Å². The van der Waals surface area contributed by atoms with Crippen molar-refractivity contribution >= 4 is 27.7 Å². The van der Waals surface area contributed by atoms with Gasteiger partial charge in [0.2, 0.25) is 0 Å². The number of aliphatic carboxylic acids is 1. The van der Waals surface area contributed by atoms with Crippen molar-refractivity contribution in [2.24, 2.45) is 11.8 Å². The first-order chi connectivity index (χ1) is 9.99. The van der Waals surface area contributed by atoms with Gasteiger partial charge in [-0.3, -0.25) is 9.59 Å². The van der Waals surface area contributed by atoms with Crippen molar-refractivity contribution < 1.29 is 24.2 Å². The third kappa shape index (κ3) is 3.05. The standard InChI is InChI=1S/C15H17BrO5/c1-20-11-6-5-10(14(21-2)12(11)16)13(17)8-3-4-9(7-8)15(18)19/h5-6,8-9H,3-4,7H2,1-2H3,(H,18,19). The summed E-state index contributed by atoms with van der Waals surface area (Å²) in [6.45, 7) is 0. The Hall–Kier alpha value is -1.56. The minimum Gasteiger partial charge on any atom is -0.495 e. The van der Waals surface area contributed by atoms with Crippen molar-refractivity contribution in [3.63, 3.8) is 0 Å². The van der Waals surface area contributed by atoms with Crippen LogP contribution in [0, 0.1) is 11.8 Å². The van der Waals surface area contributed by atoms with Gasteiger partial charge in [-0.1, -0.05) is 0 Å². The number of ether oxygens (including phenoxy) is 2. The Balaban J connectivity index is 2.28. The zero-order chi connectivity index (χ0) is 15.6. The molecule has 2 atom stereocenters. The lowest BCUT2D eigenvalue weighted by Gasteiger charge is -2.15. The van der Waals surface area contributed by atoms with Gasteiger partial charge in [0, 0.05) is 5.92 Å². The Morgan fingerprint density at radius 2 is 1.86 bits per heavy atom. The Morgan fingerprint density at radius 1 is 1.19 bits per heavy atom. The van der Waals surface area contributed by atoms with Crippen molar-refractivity contribution in [2.45, 2.75) is 19.3 Å². The fraction of sp³-hybridized carbons (Fsp3) is 0.467. The molecule has 2 rings (SSSR count). The molecule has 2 unspecified atom stereocenters. The highest BCUT2D eigenvalue weighted by molar-refractivity contribution is 9.10. The van der Waals surface area contributed by atoms with Crippen LogP contribution in [-0.4, -0.2) is 31.1 Å². The highest BCUT2D eigenvalue weighted by Gasteiger charge is 2.35. The first kappa shape index (κ1) is 15.8. The third-order valence-electron chi connectivity index (χ3n) is 3.90. The Labute approximate surface area is 131 Å². The molecule has 0 radical (unpaired) electrons. The van der Waals surface area contributed by atoms with E-state index >= 15 is 0 Å². The minimum absolute atomic E-state index is 0.0704. The van der Waals surface area contributed by atoms with E-state index in [-0.39, 0.29) is 11.7 Å². The molecular formula is C15H17BrO5. The number of carboxylic acid groups (broad SMARTS) is 1. The summed E-state index contributed by atoms with van der Waals surface area (Å²) in [6.07, 6.45) is 1.54. The van der Waals surface area contributed by atoms with Crippen molar-refractivity contribution in [2.75, 3.05) is 14.2 Å². The number of carboxylic acids is 1. The minimum atomic E-state index is -0.826. The SMILES string of the molecule is COc1ccc(C(=O)C2CCC(C(=O)O)C2)c(OC)c1Br. The molecule has 0 heterocycles. The molecule has 5 nitrogen and oxygen atoms in total. The number of ketones is 1. The van der Waals surface area contributed by atoms with Gasteiger partial charge < -0.3 is 14.6 Å². The predicted octanol–water partition coefficient (Wildman–Crippen LogP) is 3.15. The molecule has 0 saturated heterocycles. The molecule has 21 heavy (non-hydrogen) atoms. The second-order valence-electron chi connectivity index (χ2n) is 5.07. The zero-order valence-electron chi connectivity index (χ0n) is 11.9. The van der Waals surface area contributed by atoms with Gasteiger partial charge in [0.25, 0.3) is 0 Å². The molecule has 1 saturated carbocycles. The summed E-state index contributed by atoms with van der Waals surface area (Å²) >= 11 is 3.37. The van der Waals surface area contributed by atoms with Gasteiger partial charge in [-0.15, -0.1) is 0 Å². The van der Waals surface area contributed by atoms with Crippen LogP contribution in [0.5, 0.6) is 11.5 Å². The van der Waals surface area contributed by atoms with Crippen LogP contribution in [0.2, 0.25) is 0 Å². The summed E-state index contributed by atoms with van der Waals surface area (Å²) in [4.78, 5) is 23.6. The lowest BCUT2D eigenvalue weighted by molar-refractivity contribution is -0.141. The van der Waals surface area contributed by atoms with Crippen molar-refractivity contribution in [3.05, 3.63) is 22.2 Å². The van der Waals surface area contributed by atoms with Crippen LogP contribution in [0.25, 0.3) is 0 Å². The molecule has 0 spiro atoms. The van der Waals surface area contributed by atoms with Crippen LogP contribution in [0.3, 0.4) is 0 Å². The first-order valence-corrected chi connectivity index (χ1v) is 7.46. The van der Waals surface area contributed by atoms with E-state index in [9.17, 15) is 9.59 Å². The number of Topliss-reactive ketones (excluding diaryl/α,β-unsaturated/α-hetero) is 1. The number of carbonyl (C=O) groups excluding carboxylic acids is 1. The highest BCUT2D eigenvalue weighted by Crippen LogP contribution is 2.40. The van der Waals surface area contributed by atoms with Gasteiger partial charge in [0.05, 0.1) is 25.7 Å². The number of hydrogen-bond acceptors (Lipinski definition) is 4. The summed E-state index contributed by atoms with van der Waals surface area (Å²) < 4.78 is 11.1. The molecular weight excluding hydrogens is 340 g/mol. The second-order valence-corrected chi connectivity index (χ2v) is 5.86. The molecule has 1 aliphatic carbocycles. The van der Waals surface area contributed by atoms with E-state index in [0.29, 0.717) is 40.8 Å². The highest BCUT2D eigenvalue weighted by atomic mass is 79.9. The molecule has 6 heteroatoms. The quantitative estimate of drug-likeness (QED) is 0.820. The predicted molar refractivity (Wildman–Crippen MR) is 80.0 cm³/mol. The number of carbonyl (C=O) groups is 2. The molecule has 0 aliphatic heterocycles. The molecule has 1 fully saturated rings. The van der Waals surface area contributed by atoms with Gasteiger partial charge in [-0.2, -0.15) is 0 Å². The average molecular weight is 357 g/mol. The normalized spacial score (nSPS) is 21.1. The number of benzene rings is 1. The largest absolute Gasteiger partial charge is 0.495 e. The zero-order valence-corrected chi connectivity index (χ0v) is 13.5. The lowest BCUT2D eigenvalue weighted by Crippen LogP contribution is -2.15. The fourth-order valence-electron chi connectivity index (χ4n) is 2.75. The summed E-state index contributed by atoms with van der Waals surface area (Å²) in [7, 11) is 3.03. The first-order valence-electron chi connectivity index (χ1n) is 6.67. The van der Waals surface area contributed by atoms with Gasteiger partial charge in [-0.25, -0.2) is 0 Å². The Kier molecular flexibility index (Phi) is 4.88. The summed E-state index contributed by atoms with van der Waals surface area (Å²) in [5.41, 5.74) is 0.459. The molecule has 1 aliphatic rings. The Bertz CT molecular complexity index is 569. The van der Waals surface area contributed by atoms with Crippen molar-refractivity contribution in [1.29, 1.82) is 0 Å². The third-order valence-corrected chi connectivity index (χ3v) is 4.65.